The van der Waals surface area contributed by atoms with Crippen molar-refractivity contribution in [3.8, 4) is 5.75 Å². The van der Waals surface area contributed by atoms with Crippen molar-refractivity contribution in [2.24, 2.45) is 5.41 Å². The molecule has 2 aromatic carbocycles. The van der Waals surface area contributed by atoms with Crippen molar-refractivity contribution in [1.82, 2.24) is 0 Å². The van der Waals surface area contributed by atoms with Crippen LogP contribution in [-0.4, -0.2) is 27.9 Å². The van der Waals surface area contributed by atoms with Gasteiger partial charge in [0.15, 0.2) is 0 Å². The summed E-state index contributed by atoms with van der Waals surface area (Å²) in [5.74, 6) is 0.198. The van der Waals surface area contributed by atoms with E-state index in [2.05, 4.69) is 13.0 Å². The number of hydrogen-bond donors (Lipinski definition) is 2. The first-order chi connectivity index (χ1) is 11.4. The smallest absolute Gasteiger partial charge is 0.309 e. The zero-order valence-electron chi connectivity index (χ0n) is 13.6. The summed E-state index contributed by atoms with van der Waals surface area (Å²) in [4.78, 5) is 11.7. The summed E-state index contributed by atoms with van der Waals surface area (Å²) in [6, 6.07) is 9.68. The highest BCUT2D eigenvalue weighted by atomic mass is 16.6. The monoisotopic (exact) mass is 324 g/mol. The number of aryl methyl sites for hydroxylation is 1. The van der Waals surface area contributed by atoms with E-state index in [0.29, 0.717) is 6.42 Å². The maximum absolute atomic E-state index is 11.7. The van der Waals surface area contributed by atoms with Gasteiger partial charge in [-0.2, -0.15) is 0 Å². The van der Waals surface area contributed by atoms with E-state index in [4.69, 9.17) is 4.74 Å². The molecule has 0 spiro atoms. The van der Waals surface area contributed by atoms with Gasteiger partial charge in [-0.1, -0.05) is 25.1 Å². The van der Waals surface area contributed by atoms with E-state index in [1.807, 2.05) is 12.1 Å². The lowest BCUT2D eigenvalue weighted by Gasteiger charge is -2.45. The van der Waals surface area contributed by atoms with Crippen LogP contribution in [0.25, 0.3) is 10.8 Å². The van der Waals surface area contributed by atoms with E-state index in [1.165, 1.54) is 16.5 Å². The van der Waals surface area contributed by atoms with Crippen LogP contribution in [-0.2, 0) is 16.0 Å². The minimum atomic E-state index is -1.05. The number of benzene rings is 2. The molecule has 2 aliphatic carbocycles. The number of phenolic OH excluding ortho intramolecular Hbond substituents is 1. The molecule has 5 rings (SSSR count). The largest absolute Gasteiger partial charge is 0.508 e. The molecule has 2 fully saturated rings. The van der Waals surface area contributed by atoms with Crippen molar-refractivity contribution in [2.45, 2.75) is 50.2 Å². The van der Waals surface area contributed by atoms with Gasteiger partial charge < -0.3 is 14.9 Å². The Morgan fingerprint density at radius 1 is 1.25 bits per heavy atom. The van der Waals surface area contributed by atoms with E-state index >= 15 is 0 Å². The molecule has 1 aliphatic heterocycles. The van der Waals surface area contributed by atoms with E-state index in [-0.39, 0.29) is 35.6 Å². The van der Waals surface area contributed by atoms with Crippen molar-refractivity contribution in [3.63, 3.8) is 0 Å². The number of aromatic hydroxyl groups is 1. The highest BCUT2D eigenvalue weighted by Gasteiger charge is 2.68. The number of ether oxygens (including phenoxy) is 1. The first kappa shape index (κ1) is 14.3. The summed E-state index contributed by atoms with van der Waals surface area (Å²) in [7, 11) is 0. The van der Waals surface area contributed by atoms with Crippen LogP contribution >= 0.6 is 0 Å². The Bertz CT molecular complexity index is 889. The molecular weight excluding hydrogens is 304 g/mol. The predicted octanol–water partition coefficient (Wildman–Crippen LogP) is 3.03. The van der Waals surface area contributed by atoms with Crippen LogP contribution in [0, 0.1) is 5.41 Å². The van der Waals surface area contributed by atoms with Gasteiger partial charge in [-0.05, 0) is 59.2 Å². The Balaban J connectivity index is 1.68. The van der Waals surface area contributed by atoms with Gasteiger partial charge in [0.1, 0.15) is 17.5 Å². The molecular formula is C20H20O4. The van der Waals surface area contributed by atoms with E-state index in [9.17, 15) is 15.0 Å². The number of esters is 1. The van der Waals surface area contributed by atoms with Crippen molar-refractivity contribution >= 4 is 16.7 Å². The molecule has 1 saturated heterocycles. The summed E-state index contributed by atoms with van der Waals surface area (Å²) < 4.78 is 5.44. The van der Waals surface area contributed by atoms with Gasteiger partial charge in [-0.15, -0.1) is 0 Å². The summed E-state index contributed by atoms with van der Waals surface area (Å²) in [5.41, 5.74) is 1.20. The Morgan fingerprint density at radius 3 is 2.92 bits per heavy atom. The number of carbonyl (C=O) groups is 1. The number of hydrogen-bond acceptors (Lipinski definition) is 4. The zero-order valence-corrected chi connectivity index (χ0v) is 13.6. The molecule has 2 N–H and O–H groups in total. The highest BCUT2D eigenvalue weighted by molar-refractivity contribution is 5.88. The van der Waals surface area contributed by atoms with Gasteiger partial charge in [0.05, 0.1) is 6.42 Å². The highest BCUT2D eigenvalue weighted by Crippen LogP contribution is 2.64. The molecule has 1 unspecified atom stereocenters. The first-order valence-corrected chi connectivity index (χ1v) is 8.59. The maximum Gasteiger partial charge on any atom is 0.309 e. The number of carbonyl (C=O) groups excluding carboxylic acids is 1. The number of fused-ring (bicyclic) bond motifs is 7. The molecule has 0 amide bonds. The molecule has 0 radical (unpaired) electrons. The Kier molecular flexibility index (Phi) is 2.56. The van der Waals surface area contributed by atoms with Crippen molar-refractivity contribution in [1.29, 1.82) is 0 Å². The SMILES string of the molecule is C[C@]12CCc3c(ccc4cc(O)ccc34)[C@@H]1CC1OC(=O)C[C@@]12O. The molecule has 4 heteroatoms. The summed E-state index contributed by atoms with van der Waals surface area (Å²) in [6.07, 6.45) is 2.13. The van der Waals surface area contributed by atoms with Crippen LogP contribution in [0.2, 0.25) is 0 Å². The second-order valence-electron chi connectivity index (χ2n) is 7.82. The van der Waals surface area contributed by atoms with Gasteiger partial charge in [0.2, 0.25) is 0 Å². The van der Waals surface area contributed by atoms with Gasteiger partial charge >= 0.3 is 5.97 Å². The molecule has 0 aromatic heterocycles. The third kappa shape index (κ3) is 1.55. The fourth-order valence-corrected chi connectivity index (χ4v) is 5.47. The lowest BCUT2D eigenvalue weighted by atomic mass is 9.60. The second kappa shape index (κ2) is 4.31. The Labute approximate surface area is 140 Å². The van der Waals surface area contributed by atoms with Crippen LogP contribution in [0.4, 0.5) is 0 Å². The van der Waals surface area contributed by atoms with Gasteiger partial charge in [0.25, 0.3) is 0 Å². The predicted molar refractivity (Wildman–Crippen MR) is 88.8 cm³/mol. The normalized spacial score (nSPS) is 37.0. The van der Waals surface area contributed by atoms with E-state index < -0.39 is 5.60 Å². The number of phenols is 1. The zero-order chi connectivity index (χ0) is 16.7. The Hall–Kier alpha value is -2.07. The molecule has 3 aliphatic rings. The summed E-state index contributed by atoms with van der Waals surface area (Å²) >= 11 is 0. The average molecular weight is 324 g/mol. The first-order valence-electron chi connectivity index (χ1n) is 8.59. The summed E-state index contributed by atoms with van der Waals surface area (Å²) in [5, 5.41) is 23.2. The molecule has 0 bridgehead atoms. The molecule has 24 heavy (non-hydrogen) atoms. The van der Waals surface area contributed by atoms with Gasteiger partial charge in [-0.3, -0.25) is 4.79 Å². The lowest BCUT2D eigenvalue weighted by molar-refractivity contribution is -0.142. The van der Waals surface area contributed by atoms with Crippen molar-refractivity contribution in [2.75, 3.05) is 0 Å². The fourth-order valence-electron chi connectivity index (χ4n) is 5.47. The second-order valence-corrected chi connectivity index (χ2v) is 7.82. The Morgan fingerprint density at radius 2 is 2.08 bits per heavy atom. The average Bonchev–Trinajstić information content (AvgIpc) is 2.94. The quantitative estimate of drug-likeness (QED) is 0.731. The van der Waals surface area contributed by atoms with Crippen LogP contribution in [0.15, 0.2) is 30.3 Å². The lowest BCUT2D eigenvalue weighted by Crippen LogP contribution is -2.49. The van der Waals surface area contributed by atoms with E-state index in [1.54, 1.807) is 12.1 Å². The number of aliphatic hydroxyl groups is 1. The molecule has 1 saturated carbocycles. The minimum Gasteiger partial charge on any atom is -0.508 e. The molecule has 124 valence electrons. The summed E-state index contributed by atoms with van der Waals surface area (Å²) in [6.45, 7) is 2.11. The van der Waals surface area contributed by atoms with Crippen molar-refractivity contribution in [3.05, 3.63) is 41.5 Å². The van der Waals surface area contributed by atoms with E-state index in [0.717, 1.165) is 18.2 Å². The topological polar surface area (TPSA) is 66.8 Å². The molecule has 4 atom stereocenters. The van der Waals surface area contributed by atoms with Crippen LogP contribution in [0.5, 0.6) is 5.75 Å². The molecule has 4 nitrogen and oxygen atoms in total. The third-order valence-electron chi connectivity index (χ3n) is 6.85. The van der Waals surface area contributed by atoms with Crippen molar-refractivity contribution < 1.29 is 19.7 Å². The maximum atomic E-state index is 11.7. The van der Waals surface area contributed by atoms with Crippen LogP contribution in [0.1, 0.15) is 43.2 Å². The van der Waals surface area contributed by atoms with Gasteiger partial charge in [0, 0.05) is 5.41 Å². The van der Waals surface area contributed by atoms with Crippen LogP contribution in [0.3, 0.4) is 0 Å². The molecule has 2 aromatic rings. The molecule has 1 heterocycles. The number of rotatable bonds is 0. The third-order valence-corrected chi connectivity index (χ3v) is 6.85. The fraction of sp³-hybridized carbons (Fsp3) is 0.450. The standard InChI is InChI=1S/C20H20O4/c1-19-7-6-14-13-5-3-12(21)8-11(13)2-4-15(14)16(19)9-17-20(19,23)10-18(22)24-17/h2-5,8,16-17,21,23H,6-7,9-10H2,1H3/t16-,17?,19-,20+/m0/s1. The van der Waals surface area contributed by atoms with Gasteiger partial charge in [-0.25, -0.2) is 0 Å². The van der Waals surface area contributed by atoms with Crippen LogP contribution < -0.4 is 0 Å². The minimum absolute atomic E-state index is 0.113.